The molecule has 2 aliphatic rings. The molecule has 5 nitrogen and oxygen atoms in total. The summed E-state index contributed by atoms with van der Waals surface area (Å²) in [5, 5.41) is 0. The van der Waals surface area contributed by atoms with Crippen molar-refractivity contribution in [1.82, 2.24) is 0 Å². The molecule has 3 N–H and O–H groups in total. The second kappa shape index (κ2) is 8.79. The van der Waals surface area contributed by atoms with Crippen LogP contribution in [-0.4, -0.2) is 27.9 Å². The van der Waals surface area contributed by atoms with Crippen LogP contribution in [-0.2, 0) is 14.3 Å². The van der Waals surface area contributed by atoms with E-state index in [1.54, 1.807) is 0 Å². The van der Waals surface area contributed by atoms with E-state index in [2.05, 4.69) is 25.1 Å². The average Bonchev–Trinajstić information content (AvgIpc) is 2.53. The van der Waals surface area contributed by atoms with Crippen molar-refractivity contribution in [1.29, 1.82) is 0 Å². The number of nitrogens with two attached hydrogens (primary N) is 1. The Labute approximate surface area is 141 Å². The smallest absolute Gasteiger partial charge is 0.313 e. The molecule has 4 atom stereocenters. The van der Waals surface area contributed by atoms with Crippen LogP contribution >= 0.6 is 24.5 Å². The van der Waals surface area contributed by atoms with E-state index in [9.17, 15) is 9.59 Å². The number of carbonyl (C=O) groups is 2. The molecule has 7 heteroatoms. The third kappa shape index (κ3) is 4.18. The number of carbonyl (C=O) groups excluding carboxylic acids is 2. The quantitative estimate of drug-likeness (QED) is 0.226. The number of alkyl halides is 1. The molecule has 1 aliphatic heterocycles. The van der Waals surface area contributed by atoms with Gasteiger partial charge in [0.2, 0.25) is 5.91 Å². The van der Waals surface area contributed by atoms with Gasteiger partial charge in [0.25, 0.3) is 0 Å². The summed E-state index contributed by atoms with van der Waals surface area (Å²) < 4.78 is 12.0. The topological polar surface area (TPSA) is 89.6 Å². The highest BCUT2D eigenvalue weighted by Gasteiger charge is 2.59. The van der Waals surface area contributed by atoms with E-state index in [0.29, 0.717) is 18.2 Å². The lowest BCUT2D eigenvalue weighted by Gasteiger charge is -2.49. The lowest BCUT2D eigenvalue weighted by molar-refractivity contribution is -0.223. The summed E-state index contributed by atoms with van der Waals surface area (Å²) in [4.78, 5) is 23.5. The highest BCUT2D eigenvalue weighted by Crippen LogP contribution is 2.46. The third-order valence-corrected chi connectivity index (χ3v) is 4.84. The number of allylic oxidation sites excluding steroid dienone is 2. The largest absolute Gasteiger partial charge is 0.457 e. The van der Waals surface area contributed by atoms with Gasteiger partial charge >= 0.3 is 5.97 Å². The maximum atomic E-state index is 11.8. The number of esters is 1. The molecule has 0 spiro atoms. The molecule has 2 rings (SSSR count). The van der Waals surface area contributed by atoms with Crippen LogP contribution in [0.1, 0.15) is 39.0 Å². The molecule has 0 bridgehead atoms. The fourth-order valence-corrected chi connectivity index (χ4v) is 3.60. The lowest BCUT2D eigenvalue weighted by atomic mass is 9.68. The molecular weight excluding hydrogens is 326 g/mol. The van der Waals surface area contributed by atoms with Gasteiger partial charge in [-0.1, -0.05) is 12.2 Å². The summed E-state index contributed by atoms with van der Waals surface area (Å²) in [7, 11) is 0. The van der Waals surface area contributed by atoms with Crippen molar-refractivity contribution in [3.8, 4) is 0 Å². The standard InChI is InChI=1S/C15H22ClNO3.H2OS/c1-15(11(7-8-16)13(17)18)12(14(19)20-15)9-10-5-3-2-4-6-10;1-2/h3,5,10-12H,2,4,6-9H2,1H3,(H2,17,18);1-2H/t10?,11?,12?,15-;/m0./s1. The fourth-order valence-electron chi connectivity index (χ4n) is 3.38. The van der Waals surface area contributed by atoms with Gasteiger partial charge in [-0.25, -0.2) is 0 Å². The molecule has 126 valence electrons. The monoisotopic (exact) mass is 349 g/mol. The molecule has 1 heterocycles. The van der Waals surface area contributed by atoms with E-state index in [1.807, 2.05) is 6.92 Å². The maximum absolute atomic E-state index is 11.8. The minimum Gasteiger partial charge on any atom is -0.457 e. The number of hydrogen-bond acceptors (Lipinski definition) is 5. The third-order valence-electron chi connectivity index (χ3n) is 4.62. The molecular formula is C15H24ClNO4S. The van der Waals surface area contributed by atoms with Crippen molar-refractivity contribution < 1.29 is 18.9 Å². The van der Waals surface area contributed by atoms with Gasteiger partial charge < -0.3 is 15.0 Å². The summed E-state index contributed by atoms with van der Waals surface area (Å²) in [5.41, 5.74) is 4.67. The van der Waals surface area contributed by atoms with E-state index in [4.69, 9.17) is 26.6 Å². The Morgan fingerprint density at radius 3 is 2.77 bits per heavy atom. The zero-order valence-corrected chi connectivity index (χ0v) is 14.4. The molecule has 3 unspecified atom stereocenters. The highest BCUT2D eigenvalue weighted by molar-refractivity contribution is 7.74. The normalized spacial score (nSPS) is 31.4. The van der Waals surface area contributed by atoms with Crippen LogP contribution < -0.4 is 5.73 Å². The number of cyclic esters (lactones) is 1. The Balaban J connectivity index is 0.00000116. The van der Waals surface area contributed by atoms with Crippen molar-refractivity contribution in [3.05, 3.63) is 12.2 Å². The summed E-state index contributed by atoms with van der Waals surface area (Å²) >= 11 is 8.27. The van der Waals surface area contributed by atoms with Gasteiger partial charge in [0.15, 0.2) is 0 Å². The van der Waals surface area contributed by atoms with Crippen LogP contribution in [0.2, 0.25) is 0 Å². The minimum atomic E-state index is -0.789. The van der Waals surface area contributed by atoms with Gasteiger partial charge in [0.1, 0.15) is 5.60 Å². The Hall–Kier alpha value is -0.720. The van der Waals surface area contributed by atoms with Gasteiger partial charge in [-0.3, -0.25) is 9.59 Å². The SMILES string of the molecule is C[C@@]1(C(CCCl)C(N)=O)OC(=O)C1CC1C=CCCC1.OS. The number of hydrogen-bond donors (Lipinski definition) is 3. The number of ether oxygens (including phenoxy) is 1. The van der Waals surface area contributed by atoms with E-state index < -0.39 is 17.4 Å². The predicted molar refractivity (Wildman–Crippen MR) is 88.7 cm³/mol. The van der Waals surface area contributed by atoms with Crippen molar-refractivity contribution in [2.45, 2.75) is 44.6 Å². The molecule has 0 aromatic carbocycles. The molecule has 1 saturated heterocycles. The first kappa shape index (κ1) is 19.3. The summed E-state index contributed by atoms with van der Waals surface area (Å²) in [6.07, 6.45) is 8.87. The first-order valence-corrected chi connectivity index (χ1v) is 8.37. The van der Waals surface area contributed by atoms with Crippen LogP contribution in [0.15, 0.2) is 12.2 Å². The molecule has 1 aliphatic carbocycles. The van der Waals surface area contributed by atoms with E-state index >= 15 is 0 Å². The first-order valence-electron chi connectivity index (χ1n) is 7.44. The fraction of sp³-hybridized carbons (Fsp3) is 0.733. The maximum Gasteiger partial charge on any atom is 0.313 e. The molecule has 1 amide bonds. The Bertz CT molecular complexity index is 432. The molecule has 0 aromatic heterocycles. The Morgan fingerprint density at radius 2 is 2.32 bits per heavy atom. The van der Waals surface area contributed by atoms with E-state index in [0.717, 1.165) is 25.7 Å². The summed E-state index contributed by atoms with van der Waals surface area (Å²) in [5.74, 6) is -0.689. The van der Waals surface area contributed by atoms with Gasteiger partial charge in [-0.05, 0) is 57.9 Å². The number of primary amides is 1. The zero-order chi connectivity index (χ0) is 16.8. The summed E-state index contributed by atoms with van der Waals surface area (Å²) in [6.45, 7) is 1.81. The Kier molecular flexibility index (Phi) is 7.72. The van der Waals surface area contributed by atoms with Crippen molar-refractivity contribution in [2.75, 3.05) is 5.88 Å². The average molecular weight is 350 g/mol. The lowest BCUT2D eigenvalue weighted by Crippen LogP contribution is -2.62. The van der Waals surface area contributed by atoms with E-state index in [1.165, 1.54) is 0 Å². The number of thiol groups is 1. The second-order valence-electron chi connectivity index (χ2n) is 5.94. The molecule has 1 fully saturated rings. The van der Waals surface area contributed by atoms with Crippen LogP contribution in [0.25, 0.3) is 0 Å². The van der Waals surface area contributed by atoms with Crippen LogP contribution in [0.4, 0.5) is 0 Å². The van der Waals surface area contributed by atoms with Gasteiger partial charge in [-0.2, -0.15) is 0 Å². The Morgan fingerprint density at radius 1 is 1.64 bits per heavy atom. The van der Waals surface area contributed by atoms with Gasteiger partial charge in [0.05, 0.1) is 11.8 Å². The van der Waals surface area contributed by atoms with Crippen LogP contribution in [0.3, 0.4) is 0 Å². The number of amides is 1. The highest BCUT2D eigenvalue weighted by atomic mass is 35.5. The van der Waals surface area contributed by atoms with Crippen molar-refractivity contribution >= 4 is 36.4 Å². The predicted octanol–water partition coefficient (Wildman–Crippen LogP) is 2.78. The summed E-state index contributed by atoms with van der Waals surface area (Å²) in [6, 6.07) is 0. The molecule has 0 saturated carbocycles. The van der Waals surface area contributed by atoms with Crippen molar-refractivity contribution in [3.63, 3.8) is 0 Å². The zero-order valence-electron chi connectivity index (χ0n) is 12.7. The van der Waals surface area contributed by atoms with E-state index in [-0.39, 0.29) is 11.9 Å². The first-order chi connectivity index (χ1) is 10.5. The van der Waals surface area contributed by atoms with Gasteiger partial charge in [-0.15, -0.1) is 11.6 Å². The molecule has 0 aromatic rings. The molecule has 0 radical (unpaired) electrons. The second-order valence-corrected chi connectivity index (χ2v) is 6.32. The minimum absolute atomic E-state index is 0.215. The van der Waals surface area contributed by atoms with Crippen LogP contribution in [0, 0.1) is 17.8 Å². The van der Waals surface area contributed by atoms with Crippen LogP contribution in [0.5, 0.6) is 0 Å². The van der Waals surface area contributed by atoms with Crippen molar-refractivity contribution in [2.24, 2.45) is 23.5 Å². The number of rotatable bonds is 6. The molecule has 22 heavy (non-hydrogen) atoms. The van der Waals surface area contributed by atoms with Gasteiger partial charge in [0, 0.05) is 5.88 Å². The number of halogens is 1.